The van der Waals surface area contributed by atoms with Gasteiger partial charge in [-0.15, -0.1) is 12.4 Å². The fourth-order valence-corrected chi connectivity index (χ4v) is 4.54. The normalized spacial score (nSPS) is 12.7. The summed E-state index contributed by atoms with van der Waals surface area (Å²) in [6, 6.07) is 21.0. The van der Waals surface area contributed by atoms with Crippen LogP contribution in [0.2, 0.25) is 5.02 Å². The third kappa shape index (κ3) is 4.28. The number of nitrogens with one attached hydrogen (secondary N) is 1. The SMILES string of the molecule is Cl.Cn1cncc1C(O)(c1ccc(C=O)cc1)c1ccc2[nH]c(=O)cc(-c3cccc(Cl)c3)c2c1. The number of aromatic amines is 1. The Morgan fingerprint density at radius 3 is 2.43 bits per heavy atom. The second-order valence-electron chi connectivity index (χ2n) is 8.16. The standard InChI is InChI=1S/C27H20ClN3O3.ClH/c1-31-16-29-14-25(31)27(34,19-7-5-17(15-32)6-8-19)20-9-10-24-23(12-20)22(13-26(33)30-24)18-3-2-4-21(28)11-18;/h2-16,34H,1H3,(H,30,33);1H. The molecule has 1 unspecified atom stereocenters. The summed E-state index contributed by atoms with van der Waals surface area (Å²) >= 11 is 6.22. The number of aromatic nitrogens is 3. The maximum Gasteiger partial charge on any atom is 0.249 e. The quantitative estimate of drug-likeness (QED) is 0.325. The Morgan fingerprint density at radius 1 is 1.03 bits per heavy atom. The van der Waals surface area contributed by atoms with Crippen LogP contribution in [0, 0.1) is 0 Å². The van der Waals surface area contributed by atoms with Crippen LogP contribution in [0.4, 0.5) is 0 Å². The average Bonchev–Trinajstić information content (AvgIpc) is 3.29. The van der Waals surface area contributed by atoms with Gasteiger partial charge in [0.1, 0.15) is 6.29 Å². The van der Waals surface area contributed by atoms with E-state index in [1.807, 2.05) is 25.2 Å². The zero-order valence-electron chi connectivity index (χ0n) is 18.6. The largest absolute Gasteiger partial charge is 0.374 e. The molecule has 176 valence electrons. The zero-order valence-corrected chi connectivity index (χ0v) is 20.2. The van der Waals surface area contributed by atoms with Gasteiger partial charge in [-0.3, -0.25) is 9.59 Å². The van der Waals surface area contributed by atoms with Gasteiger partial charge in [0.15, 0.2) is 5.60 Å². The van der Waals surface area contributed by atoms with E-state index < -0.39 is 5.60 Å². The average molecular weight is 506 g/mol. The van der Waals surface area contributed by atoms with Crippen LogP contribution in [-0.2, 0) is 12.6 Å². The lowest BCUT2D eigenvalue weighted by molar-refractivity contribution is 0.111. The highest BCUT2D eigenvalue weighted by Crippen LogP contribution is 2.39. The van der Waals surface area contributed by atoms with Gasteiger partial charge in [0.2, 0.25) is 5.56 Å². The van der Waals surface area contributed by atoms with Crippen LogP contribution < -0.4 is 5.56 Å². The molecule has 1 atom stereocenters. The number of aldehydes is 1. The Morgan fingerprint density at radius 2 is 1.77 bits per heavy atom. The Kier molecular flexibility index (Phi) is 6.63. The second kappa shape index (κ2) is 9.50. The van der Waals surface area contributed by atoms with Gasteiger partial charge in [-0.1, -0.05) is 54.1 Å². The number of fused-ring (bicyclic) bond motifs is 1. The number of hydrogen-bond donors (Lipinski definition) is 2. The van der Waals surface area contributed by atoms with Crippen LogP contribution in [0.15, 0.2) is 90.1 Å². The summed E-state index contributed by atoms with van der Waals surface area (Å²) in [4.78, 5) is 30.6. The van der Waals surface area contributed by atoms with E-state index >= 15 is 0 Å². The van der Waals surface area contributed by atoms with Crippen molar-refractivity contribution in [2.24, 2.45) is 7.05 Å². The van der Waals surface area contributed by atoms with Crippen molar-refractivity contribution in [3.05, 3.63) is 123 Å². The summed E-state index contributed by atoms with van der Waals surface area (Å²) in [6.45, 7) is 0. The summed E-state index contributed by atoms with van der Waals surface area (Å²) in [5.41, 5.74) is 2.55. The number of benzene rings is 3. The van der Waals surface area contributed by atoms with Gasteiger partial charge in [-0.25, -0.2) is 4.98 Å². The van der Waals surface area contributed by atoms with Crippen LogP contribution in [0.3, 0.4) is 0 Å². The van der Waals surface area contributed by atoms with Crippen LogP contribution in [0.1, 0.15) is 27.2 Å². The minimum atomic E-state index is -1.57. The zero-order chi connectivity index (χ0) is 23.9. The van der Waals surface area contributed by atoms with E-state index in [1.165, 1.54) is 6.07 Å². The third-order valence-electron chi connectivity index (χ3n) is 6.05. The molecule has 0 fully saturated rings. The number of imidazole rings is 1. The molecule has 2 heterocycles. The van der Waals surface area contributed by atoms with E-state index in [1.54, 1.807) is 65.6 Å². The molecule has 0 saturated heterocycles. The van der Waals surface area contributed by atoms with Gasteiger partial charge >= 0.3 is 0 Å². The van der Waals surface area contributed by atoms with Crippen LogP contribution >= 0.6 is 24.0 Å². The number of H-pyrrole nitrogens is 1. The maximum atomic E-state index is 12.4. The van der Waals surface area contributed by atoms with Crippen molar-refractivity contribution < 1.29 is 9.90 Å². The molecule has 5 aromatic rings. The molecular formula is C27H21Cl2N3O3. The molecule has 5 rings (SSSR count). The van der Waals surface area contributed by atoms with Gasteiger partial charge < -0.3 is 14.7 Å². The minimum Gasteiger partial charge on any atom is -0.374 e. The molecule has 6 nitrogen and oxygen atoms in total. The number of nitrogens with zero attached hydrogens (tertiary/aromatic N) is 2. The first-order valence-corrected chi connectivity index (χ1v) is 11.0. The number of carbonyl (C=O) groups is 1. The van der Waals surface area contributed by atoms with E-state index in [9.17, 15) is 14.7 Å². The van der Waals surface area contributed by atoms with E-state index in [0.29, 0.717) is 38.5 Å². The summed E-state index contributed by atoms with van der Waals surface area (Å²) in [6.07, 6.45) is 4.00. The van der Waals surface area contributed by atoms with Crippen molar-refractivity contribution in [2.75, 3.05) is 0 Å². The van der Waals surface area contributed by atoms with Gasteiger partial charge in [0.05, 0.1) is 18.2 Å². The molecule has 0 aliphatic rings. The number of pyridine rings is 1. The summed E-state index contributed by atoms with van der Waals surface area (Å²) < 4.78 is 1.75. The van der Waals surface area contributed by atoms with E-state index in [0.717, 1.165) is 17.2 Å². The number of rotatable bonds is 5. The van der Waals surface area contributed by atoms with Crippen molar-refractivity contribution in [3.8, 4) is 11.1 Å². The molecule has 0 spiro atoms. The first kappa shape index (κ1) is 24.4. The van der Waals surface area contributed by atoms with Gasteiger partial charge in [-0.05, 0) is 46.5 Å². The van der Waals surface area contributed by atoms with E-state index in [-0.39, 0.29) is 18.0 Å². The smallest absolute Gasteiger partial charge is 0.249 e. The minimum absolute atomic E-state index is 0. The summed E-state index contributed by atoms with van der Waals surface area (Å²) in [5, 5.41) is 13.5. The van der Waals surface area contributed by atoms with Crippen molar-refractivity contribution in [2.45, 2.75) is 5.60 Å². The molecule has 8 heteroatoms. The van der Waals surface area contributed by atoms with E-state index in [4.69, 9.17) is 11.6 Å². The third-order valence-corrected chi connectivity index (χ3v) is 6.28. The molecule has 35 heavy (non-hydrogen) atoms. The predicted molar refractivity (Wildman–Crippen MR) is 139 cm³/mol. The number of aryl methyl sites for hydroxylation is 1. The lowest BCUT2D eigenvalue weighted by Crippen LogP contribution is -2.31. The molecule has 2 N–H and O–H groups in total. The highest BCUT2D eigenvalue weighted by molar-refractivity contribution is 6.30. The fourth-order valence-electron chi connectivity index (χ4n) is 4.34. The van der Waals surface area contributed by atoms with E-state index in [2.05, 4.69) is 9.97 Å². The monoisotopic (exact) mass is 505 g/mol. The van der Waals surface area contributed by atoms with Crippen molar-refractivity contribution >= 4 is 41.2 Å². The highest BCUT2D eigenvalue weighted by Gasteiger charge is 2.36. The fraction of sp³-hybridized carbons (Fsp3) is 0.0741. The highest BCUT2D eigenvalue weighted by atomic mass is 35.5. The molecule has 2 aromatic heterocycles. The molecule has 0 saturated carbocycles. The Balaban J connectivity index is 0.00000289. The Labute approximate surface area is 212 Å². The van der Waals surface area contributed by atoms with Crippen molar-refractivity contribution in [3.63, 3.8) is 0 Å². The summed E-state index contributed by atoms with van der Waals surface area (Å²) in [7, 11) is 1.81. The van der Waals surface area contributed by atoms with Gasteiger partial charge in [0.25, 0.3) is 0 Å². The second-order valence-corrected chi connectivity index (χ2v) is 8.59. The first-order valence-electron chi connectivity index (χ1n) is 10.6. The molecule has 0 bridgehead atoms. The number of halogens is 2. The number of hydrogen-bond acceptors (Lipinski definition) is 4. The Bertz CT molecular complexity index is 1590. The lowest BCUT2D eigenvalue weighted by atomic mass is 9.82. The van der Waals surface area contributed by atoms with Gasteiger partial charge in [-0.2, -0.15) is 0 Å². The lowest BCUT2D eigenvalue weighted by Gasteiger charge is -2.30. The molecule has 0 aliphatic carbocycles. The van der Waals surface area contributed by atoms with Crippen molar-refractivity contribution in [1.29, 1.82) is 0 Å². The summed E-state index contributed by atoms with van der Waals surface area (Å²) in [5.74, 6) is 0. The Hall–Kier alpha value is -3.71. The molecule has 0 aliphatic heterocycles. The molecule has 3 aromatic carbocycles. The van der Waals surface area contributed by atoms with Crippen LogP contribution in [-0.4, -0.2) is 25.9 Å². The molecule has 0 amide bonds. The van der Waals surface area contributed by atoms with Crippen molar-refractivity contribution in [1.82, 2.24) is 14.5 Å². The first-order chi connectivity index (χ1) is 16.4. The predicted octanol–water partition coefficient (Wildman–Crippen LogP) is 5.10. The van der Waals surface area contributed by atoms with Crippen LogP contribution in [0.25, 0.3) is 22.0 Å². The molecular weight excluding hydrogens is 485 g/mol. The number of aliphatic hydroxyl groups is 1. The topological polar surface area (TPSA) is 88.0 Å². The number of carbonyl (C=O) groups excluding carboxylic acids is 1. The molecule has 0 radical (unpaired) electrons. The maximum absolute atomic E-state index is 12.4. The van der Waals surface area contributed by atoms with Gasteiger partial charge in [0, 0.05) is 34.6 Å². The van der Waals surface area contributed by atoms with Crippen LogP contribution in [0.5, 0.6) is 0 Å².